The maximum absolute atomic E-state index is 6.17. The number of hydrogen-bond donors (Lipinski definition) is 1. The summed E-state index contributed by atoms with van der Waals surface area (Å²) in [5.41, 5.74) is 7.84. The van der Waals surface area contributed by atoms with Crippen LogP contribution < -0.4 is 10.6 Å². The Labute approximate surface area is 102 Å². The van der Waals surface area contributed by atoms with Gasteiger partial charge in [0, 0.05) is 30.3 Å². The van der Waals surface area contributed by atoms with Crippen molar-refractivity contribution in [2.24, 2.45) is 17.6 Å². The monoisotopic (exact) mass is 238 g/mol. The molecule has 16 heavy (non-hydrogen) atoms. The molecule has 0 aromatic heterocycles. The van der Waals surface area contributed by atoms with Crippen LogP contribution in [0.1, 0.15) is 19.4 Å². The molecular formula is C13H19ClN2. The third kappa shape index (κ3) is 2.18. The van der Waals surface area contributed by atoms with Gasteiger partial charge < -0.3 is 10.6 Å². The van der Waals surface area contributed by atoms with Crippen LogP contribution in [0.4, 0.5) is 5.69 Å². The van der Waals surface area contributed by atoms with Gasteiger partial charge in [0.25, 0.3) is 0 Å². The molecular weight excluding hydrogens is 220 g/mol. The minimum absolute atomic E-state index is 0.506. The van der Waals surface area contributed by atoms with Crippen LogP contribution in [0.2, 0.25) is 5.02 Å². The van der Waals surface area contributed by atoms with E-state index in [-0.39, 0.29) is 0 Å². The Hall–Kier alpha value is -0.730. The van der Waals surface area contributed by atoms with Crippen molar-refractivity contribution in [1.82, 2.24) is 0 Å². The van der Waals surface area contributed by atoms with Crippen molar-refractivity contribution in [3.63, 3.8) is 0 Å². The van der Waals surface area contributed by atoms with Gasteiger partial charge in [0.1, 0.15) is 0 Å². The minimum Gasteiger partial charge on any atom is -0.371 e. The molecule has 1 aliphatic heterocycles. The summed E-state index contributed by atoms with van der Waals surface area (Å²) in [5.74, 6) is 1.51. The lowest BCUT2D eigenvalue weighted by molar-refractivity contribution is 0.494. The third-order valence-corrected chi connectivity index (χ3v) is 3.96. The fourth-order valence-corrected chi connectivity index (χ4v) is 2.49. The highest BCUT2D eigenvalue weighted by Crippen LogP contribution is 2.30. The van der Waals surface area contributed by atoms with E-state index in [9.17, 15) is 0 Å². The van der Waals surface area contributed by atoms with Crippen LogP contribution in [0.5, 0.6) is 0 Å². The molecule has 2 unspecified atom stereocenters. The molecule has 1 aromatic carbocycles. The summed E-state index contributed by atoms with van der Waals surface area (Å²) in [7, 11) is 0. The number of rotatable bonds is 2. The first-order valence-corrected chi connectivity index (χ1v) is 6.23. The lowest BCUT2D eigenvalue weighted by Crippen LogP contribution is -2.19. The van der Waals surface area contributed by atoms with E-state index in [0.29, 0.717) is 6.54 Å². The molecule has 2 atom stereocenters. The summed E-state index contributed by atoms with van der Waals surface area (Å²) >= 11 is 6.17. The lowest BCUT2D eigenvalue weighted by Gasteiger charge is -2.19. The molecule has 1 fully saturated rings. The van der Waals surface area contributed by atoms with Gasteiger partial charge in [-0.3, -0.25) is 0 Å². The number of nitrogens with two attached hydrogens (primary N) is 1. The van der Waals surface area contributed by atoms with Gasteiger partial charge in [-0.2, -0.15) is 0 Å². The van der Waals surface area contributed by atoms with E-state index >= 15 is 0 Å². The number of halogens is 1. The summed E-state index contributed by atoms with van der Waals surface area (Å²) in [6.07, 6.45) is 0. The highest BCUT2D eigenvalue weighted by atomic mass is 35.5. The zero-order valence-corrected chi connectivity index (χ0v) is 10.7. The second-order valence-corrected chi connectivity index (χ2v) is 5.25. The van der Waals surface area contributed by atoms with Gasteiger partial charge in [0.05, 0.1) is 0 Å². The van der Waals surface area contributed by atoms with Gasteiger partial charge in [0.15, 0.2) is 0 Å². The first-order chi connectivity index (χ1) is 7.61. The summed E-state index contributed by atoms with van der Waals surface area (Å²) in [6, 6.07) is 6.19. The highest BCUT2D eigenvalue weighted by Gasteiger charge is 2.26. The summed E-state index contributed by atoms with van der Waals surface area (Å²) in [5, 5.41) is 0.784. The Bertz CT molecular complexity index is 368. The molecule has 3 heteroatoms. The van der Waals surface area contributed by atoms with E-state index in [1.54, 1.807) is 0 Å². The van der Waals surface area contributed by atoms with E-state index in [4.69, 9.17) is 17.3 Å². The quantitative estimate of drug-likeness (QED) is 0.859. The fraction of sp³-hybridized carbons (Fsp3) is 0.538. The normalized spacial score (nSPS) is 25.1. The Balaban J connectivity index is 2.19. The maximum Gasteiger partial charge on any atom is 0.0471 e. The first-order valence-electron chi connectivity index (χ1n) is 5.85. The molecule has 1 aromatic rings. The molecule has 0 saturated carbocycles. The molecule has 2 N–H and O–H groups in total. The SMILES string of the molecule is CC1CN(c2ccc(CN)c(Cl)c2)CC1C. The van der Waals surface area contributed by atoms with Crippen molar-refractivity contribution in [2.45, 2.75) is 20.4 Å². The van der Waals surface area contributed by atoms with Gasteiger partial charge in [-0.1, -0.05) is 31.5 Å². The van der Waals surface area contributed by atoms with Gasteiger partial charge in [-0.15, -0.1) is 0 Å². The van der Waals surface area contributed by atoms with Crippen LogP contribution in [-0.4, -0.2) is 13.1 Å². The zero-order valence-electron chi connectivity index (χ0n) is 9.91. The Morgan fingerprint density at radius 2 is 1.94 bits per heavy atom. The van der Waals surface area contributed by atoms with Crippen LogP contribution in [0.15, 0.2) is 18.2 Å². The Morgan fingerprint density at radius 3 is 2.44 bits per heavy atom. The molecule has 1 saturated heterocycles. The number of benzene rings is 1. The van der Waals surface area contributed by atoms with Crippen molar-refractivity contribution in [3.8, 4) is 0 Å². The van der Waals surface area contributed by atoms with Gasteiger partial charge in [-0.25, -0.2) is 0 Å². The summed E-state index contributed by atoms with van der Waals surface area (Å²) < 4.78 is 0. The number of hydrogen-bond acceptors (Lipinski definition) is 2. The van der Waals surface area contributed by atoms with E-state index in [0.717, 1.165) is 35.5 Å². The standard InChI is InChI=1S/C13H19ClN2/c1-9-7-16(8-10(9)2)12-4-3-11(6-15)13(14)5-12/h3-5,9-10H,6-8,15H2,1-2H3. The second-order valence-electron chi connectivity index (χ2n) is 4.84. The summed E-state index contributed by atoms with van der Waals surface area (Å²) in [6.45, 7) is 7.37. The predicted octanol–water partition coefficient (Wildman–Crippen LogP) is 2.89. The highest BCUT2D eigenvalue weighted by molar-refractivity contribution is 6.31. The molecule has 0 amide bonds. The average molecular weight is 239 g/mol. The topological polar surface area (TPSA) is 29.3 Å². The van der Waals surface area contributed by atoms with E-state index in [1.807, 2.05) is 12.1 Å². The molecule has 0 spiro atoms. The molecule has 2 nitrogen and oxygen atoms in total. The van der Waals surface area contributed by atoms with Crippen LogP contribution in [-0.2, 0) is 6.54 Å². The van der Waals surface area contributed by atoms with E-state index in [2.05, 4.69) is 24.8 Å². The van der Waals surface area contributed by atoms with Crippen molar-refractivity contribution in [2.75, 3.05) is 18.0 Å². The molecule has 1 aliphatic rings. The van der Waals surface area contributed by atoms with Crippen LogP contribution in [0, 0.1) is 11.8 Å². The van der Waals surface area contributed by atoms with Gasteiger partial charge >= 0.3 is 0 Å². The van der Waals surface area contributed by atoms with Crippen molar-refractivity contribution in [1.29, 1.82) is 0 Å². The summed E-state index contributed by atoms with van der Waals surface area (Å²) in [4.78, 5) is 2.40. The number of nitrogens with zero attached hydrogens (tertiary/aromatic N) is 1. The Morgan fingerprint density at radius 1 is 1.31 bits per heavy atom. The zero-order chi connectivity index (χ0) is 11.7. The molecule has 1 heterocycles. The molecule has 0 radical (unpaired) electrons. The smallest absolute Gasteiger partial charge is 0.0471 e. The van der Waals surface area contributed by atoms with Gasteiger partial charge in [0.2, 0.25) is 0 Å². The van der Waals surface area contributed by atoms with Crippen LogP contribution in [0.25, 0.3) is 0 Å². The molecule has 0 bridgehead atoms. The largest absolute Gasteiger partial charge is 0.371 e. The minimum atomic E-state index is 0.506. The Kier molecular flexibility index (Phi) is 3.41. The van der Waals surface area contributed by atoms with E-state index in [1.165, 1.54) is 5.69 Å². The lowest BCUT2D eigenvalue weighted by atomic mass is 10.0. The van der Waals surface area contributed by atoms with Crippen LogP contribution >= 0.6 is 11.6 Å². The molecule has 0 aliphatic carbocycles. The maximum atomic E-state index is 6.17. The van der Waals surface area contributed by atoms with Crippen molar-refractivity contribution in [3.05, 3.63) is 28.8 Å². The first kappa shape index (κ1) is 11.7. The average Bonchev–Trinajstić information content (AvgIpc) is 2.59. The van der Waals surface area contributed by atoms with Gasteiger partial charge in [-0.05, 0) is 29.5 Å². The molecule has 88 valence electrons. The van der Waals surface area contributed by atoms with Crippen molar-refractivity contribution < 1.29 is 0 Å². The predicted molar refractivity (Wildman–Crippen MR) is 69.9 cm³/mol. The number of anilines is 1. The van der Waals surface area contributed by atoms with Crippen molar-refractivity contribution >= 4 is 17.3 Å². The second kappa shape index (κ2) is 4.64. The van der Waals surface area contributed by atoms with E-state index < -0.39 is 0 Å². The molecule has 2 rings (SSSR count). The fourth-order valence-electron chi connectivity index (χ4n) is 2.24. The third-order valence-electron chi connectivity index (χ3n) is 3.61. The van der Waals surface area contributed by atoms with Crippen LogP contribution in [0.3, 0.4) is 0 Å².